The maximum Gasteiger partial charge on any atom is 0.230 e. The maximum atomic E-state index is 13.0. The second kappa shape index (κ2) is 7.76. The molecule has 2 heterocycles. The number of carbonyl (C=O) groups excluding carboxylic acids is 1. The van der Waals surface area contributed by atoms with Crippen molar-refractivity contribution >= 4 is 17.7 Å². The molecule has 1 unspecified atom stereocenters. The minimum absolute atomic E-state index is 0.0539. The second-order valence-corrected chi connectivity index (χ2v) is 6.54. The Hall–Kier alpha value is -1.93. The van der Waals surface area contributed by atoms with Crippen molar-refractivity contribution in [3.8, 4) is 11.4 Å². The fraction of sp³-hybridized carbons (Fsp3) is 0.438. The molecule has 6 nitrogen and oxygen atoms in total. The molecule has 0 spiro atoms. The fourth-order valence-electron chi connectivity index (χ4n) is 2.51. The average molecular weight is 350 g/mol. The van der Waals surface area contributed by atoms with E-state index in [0.717, 1.165) is 25.0 Å². The number of thioether (sulfide) groups is 1. The maximum absolute atomic E-state index is 13.0. The van der Waals surface area contributed by atoms with Crippen molar-refractivity contribution in [3.05, 3.63) is 30.1 Å². The Morgan fingerprint density at radius 1 is 1.42 bits per heavy atom. The standard InChI is InChI=1S/C16H19FN4O2S/c1-21-15(11-4-6-12(17)7-5-11)19-20-16(21)24-10-14(22)18-9-13-3-2-8-23-13/h4-7,13H,2-3,8-10H2,1H3,(H,18,22). The molecular formula is C16H19FN4O2S. The first kappa shape index (κ1) is 16.9. The number of amides is 1. The van der Waals surface area contributed by atoms with E-state index < -0.39 is 0 Å². The van der Waals surface area contributed by atoms with E-state index in [-0.39, 0.29) is 23.6 Å². The number of benzene rings is 1. The quantitative estimate of drug-likeness (QED) is 0.807. The van der Waals surface area contributed by atoms with Crippen LogP contribution in [-0.2, 0) is 16.6 Å². The monoisotopic (exact) mass is 350 g/mol. The van der Waals surface area contributed by atoms with Gasteiger partial charge in [-0.25, -0.2) is 4.39 Å². The van der Waals surface area contributed by atoms with Gasteiger partial charge in [-0.2, -0.15) is 0 Å². The first-order valence-corrected chi connectivity index (χ1v) is 8.78. The third-order valence-electron chi connectivity index (χ3n) is 3.82. The number of aromatic nitrogens is 3. The summed E-state index contributed by atoms with van der Waals surface area (Å²) >= 11 is 1.32. The molecule has 8 heteroatoms. The van der Waals surface area contributed by atoms with Crippen molar-refractivity contribution in [3.63, 3.8) is 0 Å². The van der Waals surface area contributed by atoms with E-state index in [1.165, 1.54) is 23.9 Å². The van der Waals surface area contributed by atoms with Gasteiger partial charge in [0.25, 0.3) is 0 Å². The van der Waals surface area contributed by atoms with Crippen LogP contribution in [0.4, 0.5) is 4.39 Å². The van der Waals surface area contributed by atoms with E-state index >= 15 is 0 Å². The number of rotatable bonds is 6. The topological polar surface area (TPSA) is 69.0 Å². The largest absolute Gasteiger partial charge is 0.376 e. The molecule has 0 bridgehead atoms. The Morgan fingerprint density at radius 3 is 2.92 bits per heavy atom. The summed E-state index contributed by atoms with van der Waals surface area (Å²) in [7, 11) is 1.82. The Labute approximate surface area is 143 Å². The molecular weight excluding hydrogens is 331 g/mol. The minimum atomic E-state index is -0.293. The van der Waals surface area contributed by atoms with Crippen molar-refractivity contribution in [1.82, 2.24) is 20.1 Å². The lowest BCUT2D eigenvalue weighted by molar-refractivity contribution is -0.119. The van der Waals surface area contributed by atoms with E-state index in [1.54, 1.807) is 16.7 Å². The first-order chi connectivity index (χ1) is 11.6. The highest BCUT2D eigenvalue weighted by molar-refractivity contribution is 7.99. The van der Waals surface area contributed by atoms with E-state index in [4.69, 9.17) is 4.74 Å². The number of nitrogens with zero attached hydrogens (tertiary/aromatic N) is 3. The summed E-state index contributed by atoms with van der Waals surface area (Å²) in [5, 5.41) is 11.7. The molecule has 1 saturated heterocycles. The summed E-state index contributed by atoms with van der Waals surface area (Å²) in [6.45, 7) is 1.33. The van der Waals surface area contributed by atoms with Gasteiger partial charge in [0.2, 0.25) is 5.91 Å². The van der Waals surface area contributed by atoms with Crippen LogP contribution in [-0.4, -0.2) is 45.7 Å². The second-order valence-electron chi connectivity index (χ2n) is 5.60. The van der Waals surface area contributed by atoms with Crippen LogP contribution in [0.1, 0.15) is 12.8 Å². The highest BCUT2D eigenvalue weighted by atomic mass is 32.2. The number of halogens is 1. The summed E-state index contributed by atoms with van der Waals surface area (Å²) in [4.78, 5) is 11.9. The van der Waals surface area contributed by atoms with Gasteiger partial charge in [0.15, 0.2) is 11.0 Å². The molecule has 1 aromatic heterocycles. The van der Waals surface area contributed by atoms with Crippen LogP contribution in [0.15, 0.2) is 29.4 Å². The van der Waals surface area contributed by atoms with E-state index in [1.807, 2.05) is 7.05 Å². The first-order valence-electron chi connectivity index (χ1n) is 7.80. The zero-order chi connectivity index (χ0) is 16.9. The molecule has 0 aliphatic carbocycles. The fourth-order valence-corrected chi connectivity index (χ4v) is 3.25. The van der Waals surface area contributed by atoms with Gasteiger partial charge in [-0.1, -0.05) is 11.8 Å². The number of ether oxygens (including phenoxy) is 1. The van der Waals surface area contributed by atoms with Crippen LogP contribution < -0.4 is 5.32 Å². The Kier molecular flexibility index (Phi) is 5.47. The van der Waals surface area contributed by atoms with Gasteiger partial charge in [0, 0.05) is 25.8 Å². The van der Waals surface area contributed by atoms with Crippen LogP contribution in [0, 0.1) is 5.82 Å². The molecule has 24 heavy (non-hydrogen) atoms. The van der Waals surface area contributed by atoms with Crippen molar-refractivity contribution in [2.45, 2.75) is 24.1 Å². The molecule has 1 atom stereocenters. The van der Waals surface area contributed by atoms with Crippen LogP contribution in [0.3, 0.4) is 0 Å². The normalized spacial score (nSPS) is 17.2. The predicted molar refractivity (Wildman–Crippen MR) is 89.1 cm³/mol. The van der Waals surface area contributed by atoms with Crippen molar-refractivity contribution in [2.24, 2.45) is 7.05 Å². The number of hydrogen-bond donors (Lipinski definition) is 1. The van der Waals surface area contributed by atoms with Crippen LogP contribution in [0.25, 0.3) is 11.4 Å². The molecule has 2 aromatic rings. The summed E-state index contributed by atoms with van der Waals surface area (Å²) in [6.07, 6.45) is 2.19. The lowest BCUT2D eigenvalue weighted by Gasteiger charge is -2.10. The SMILES string of the molecule is Cn1c(SCC(=O)NCC2CCCO2)nnc1-c1ccc(F)cc1. The smallest absolute Gasteiger partial charge is 0.230 e. The van der Waals surface area contributed by atoms with Gasteiger partial charge >= 0.3 is 0 Å². The van der Waals surface area contributed by atoms with Crippen LogP contribution in [0.2, 0.25) is 0 Å². The highest BCUT2D eigenvalue weighted by Crippen LogP contribution is 2.22. The molecule has 0 radical (unpaired) electrons. The molecule has 1 aliphatic heterocycles. The minimum Gasteiger partial charge on any atom is -0.376 e. The Bertz CT molecular complexity index is 699. The Morgan fingerprint density at radius 2 is 2.21 bits per heavy atom. The van der Waals surface area contributed by atoms with E-state index in [0.29, 0.717) is 17.5 Å². The molecule has 128 valence electrons. The molecule has 1 aromatic carbocycles. The summed E-state index contributed by atoms with van der Waals surface area (Å²) in [5.41, 5.74) is 0.779. The van der Waals surface area contributed by atoms with Gasteiger partial charge in [-0.15, -0.1) is 10.2 Å². The van der Waals surface area contributed by atoms with Gasteiger partial charge in [-0.3, -0.25) is 4.79 Å². The summed E-state index contributed by atoms with van der Waals surface area (Å²) < 4.78 is 20.3. The number of carbonyl (C=O) groups is 1. The summed E-state index contributed by atoms with van der Waals surface area (Å²) in [6, 6.07) is 6.08. The molecule has 0 saturated carbocycles. The van der Waals surface area contributed by atoms with Crippen molar-refractivity contribution < 1.29 is 13.9 Å². The van der Waals surface area contributed by atoms with E-state index in [2.05, 4.69) is 15.5 Å². The molecule has 1 N–H and O–H groups in total. The number of hydrogen-bond acceptors (Lipinski definition) is 5. The van der Waals surface area contributed by atoms with Gasteiger partial charge < -0.3 is 14.6 Å². The zero-order valence-electron chi connectivity index (χ0n) is 13.4. The van der Waals surface area contributed by atoms with Crippen LogP contribution in [0.5, 0.6) is 0 Å². The highest BCUT2D eigenvalue weighted by Gasteiger charge is 2.17. The lowest BCUT2D eigenvalue weighted by atomic mass is 10.2. The zero-order valence-corrected chi connectivity index (χ0v) is 14.2. The van der Waals surface area contributed by atoms with Gasteiger partial charge in [-0.05, 0) is 37.1 Å². The molecule has 3 rings (SSSR count). The lowest BCUT2D eigenvalue weighted by Crippen LogP contribution is -2.32. The van der Waals surface area contributed by atoms with Gasteiger partial charge in [0.1, 0.15) is 5.82 Å². The third kappa shape index (κ3) is 4.12. The van der Waals surface area contributed by atoms with Crippen LogP contribution >= 0.6 is 11.8 Å². The van der Waals surface area contributed by atoms with Crippen molar-refractivity contribution in [2.75, 3.05) is 18.9 Å². The average Bonchev–Trinajstić information content (AvgIpc) is 3.22. The third-order valence-corrected chi connectivity index (χ3v) is 4.84. The molecule has 1 fully saturated rings. The summed E-state index contributed by atoms with van der Waals surface area (Å²) in [5.74, 6) is 0.555. The van der Waals surface area contributed by atoms with Gasteiger partial charge in [0.05, 0.1) is 11.9 Å². The molecule has 1 aliphatic rings. The number of nitrogens with one attached hydrogen (secondary N) is 1. The Balaban J connectivity index is 1.54. The van der Waals surface area contributed by atoms with E-state index in [9.17, 15) is 9.18 Å². The van der Waals surface area contributed by atoms with Crippen molar-refractivity contribution in [1.29, 1.82) is 0 Å². The molecule has 1 amide bonds. The predicted octanol–water partition coefficient (Wildman–Crippen LogP) is 2.01.